The maximum Gasteiger partial charge on any atom is 0.0897 e. The fourth-order valence-electron chi connectivity index (χ4n) is 1.27. The fourth-order valence-corrected chi connectivity index (χ4v) is 1.27. The Hall–Kier alpha value is -0.160. The minimum absolute atomic E-state index is 0.0237. The first-order chi connectivity index (χ1) is 7.56. The number of ether oxygens (including phenoxy) is 1. The summed E-state index contributed by atoms with van der Waals surface area (Å²) >= 11 is 0. The van der Waals surface area contributed by atoms with Gasteiger partial charge in [0, 0.05) is 19.2 Å². The molecule has 2 atom stereocenters. The highest BCUT2D eigenvalue weighted by molar-refractivity contribution is 4.63. The Bertz CT molecular complexity index is 153. The zero-order valence-corrected chi connectivity index (χ0v) is 10.8. The molecule has 98 valence electrons. The molecule has 0 fully saturated rings. The highest BCUT2D eigenvalue weighted by Gasteiger charge is 2.06. The molecule has 0 aromatic rings. The fraction of sp³-hybridized carbons (Fsp3) is 1.00. The lowest BCUT2D eigenvalue weighted by Gasteiger charge is -2.15. The van der Waals surface area contributed by atoms with E-state index in [0.29, 0.717) is 25.7 Å². The molecule has 0 saturated carbocycles. The Kier molecular flexibility index (Phi) is 9.92. The average Bonchev–Trinajstić information content (AvgIpc) is 2.24. The lowest BCUT2D eigenvalue weighted by molar-refractivity contribution is 0.0327. The third-order valence-corrected chi connectivity index (χ3v) is 2.36. The number of aliphatic hydroxyl groups excluding tert-OH is 2. The summed E-state index contributed by atoms with van der Waals surface area (Å²) in [6, 6.07) is 0.0237. The molecule has 0 aromatic heterocycles. The second-order valence-electron chi connectivity index (χ2n) is 4.76. The van der Waals surface area contributed by atoms with Crippen LogP contribution < -0.4 is 5.32 Å². The first-order valence-corrected chi connectivity index (χ1v) is 6.16. The number of hydrogen-bond acceptors (Lipinski definition) is 4. The lowest BCUT2D eigenvalue weighted by atomic mass is 10.1. The van der Waals surface area contributed by atoms with Crippen LogP contribution in [0.2, 0.25) is 0 Å². The van der Waals surface area contributed by atoms with Crippen molar-refractivity contribution < 1.29 is 14.9 Å². The maximum absolute atomic E-state index is 9.53. The molecule has 0 amide bonds. The van der Waals surface area contributed by atoms with Crippen molar-refractivity contribution >= 4 is 0 Å². The number of nitrogens with one attached hydrogen (secondary N) is 1. The molecule has 0 aliphatic rings. The zero-order chi connectivity index (χ0) is 12.4. The number of rotatable bonds is 10. The predicted octanol–water partition coefficient (Wildman–Crippen LogP) is 0.770. The minimum atomic E-state index is -0.493. The normalized spacial score (nSPS) is 15.4. The molecular weight excluding hydrogens is 206 g/mol. The molecule has 0 aromatic carbocycles. The highest BCUT2D eigenvalue weighted by atomic mass is 16.5. The molecule has 4 nitrogen and oxygen atoms in total. The van der Waals surface area contributed by atoms with Gasteiger partial charge >= 0.3 is 0 Å². The van der Waals surface area contributed by atoms with Gasteiger partial charge in [0.2, 0.25) is 0 Å². The van der Waals surface area contributed by atoms with Gasteiger partial charge in [0.25, 0.3) is 0 Å². The van der Waals surface area contributed by atoms with E-state index in [1.807, 2.05) is 6.92 Å². The molecule has 0 heterocycles. The second kappa shape index (κ2) is 10.0. The van der Waals surface area contributed by atoms with Gasteiger partial charge in [-0.05, 0) is 25.7 Å². The Balaban J connectivity index is 3.27. The van der Waals surface area contributed by atoms with Gasteiger partial charge in [0.05, 0.1) is 19.3 Å². The van der Waals surface area contributed by atoms with Crippen molar-refractivity contribution in [1.82, 2.24) is 5.32 Å². The molecule has 0 rings (SSSR count). The van der Waals surface area contributed by atoms with Crippen molar-refractivity contribution in [3.63, 3.8) is 0 Å². The number of aliphatic hydroxyl groups is 2. The Morgan fingerprint density at radius 3 is 2.50 bits per heavy atom. The van der Waals surface area contributed by atoms with E-state index in [0.717, 1.165) is 12.8 Å². The molecule has 3 N–H and O–H groups in total. The summed E-state index contributed by atoms with van der Waals surface area (Å²) in [4.78, 5) is 0. The molecule has 0 radical (unpaired) electrons. The monoisotopic (exact) mass is 233 g/mol. The van der Waals surface area contributed by atoms with E-state index >= 15 is 0 Å². The van der Waals surface area contributed by atoms with Crippen LogP contribution in [-0.2, 0) is 4.74 Å². The zero-order valence-electron chi connectivity index (χ0n) is 10.8. The van der Waals surface area contributed by atoms with Crippen molar-refractivity contribution in [2.45, 2.75) is 45.8 Å². The van der Waals surface area contributed by atoms with E-state index in [1.54, 1.807) is 0 Å². The van der Waals surface area contributed by atoms with Crippen LogP contribution in [-0.4, -0.2) is 48.7 Å². The first-order valence-electron chi connectivity index (χ1n) is 6.16. The van der Waals surface area contributed by atoms with Crippen LogP contribution in [0.5, 0.6) is 0 Å². The van der Waals surface area contributed by atoms with E-state index in [2.05, 4.69) is 19.2 Å². The van der Waals surface area contributed by atoms with E-state index in [4.69, 9.17) is 9.84 Å². The SMILES string of the molecule is CC(C)CCCOCC(O)CNC(C)CO. The second-order valence-corrected chi connectivity index (χ2v) is 4.76. The van der Waals surface area contributed by atoms with Crippen molar-refractivity contribution in [1.29, 1.82) is 0 Å². The Labute approximate surface area is 99.0 Å². The van der Waals surface area contributed by atoms with Gasteiger partial charge in [0.1, 0.15) is 0 Å². The summed E-state index contributed by atoms with van der Waals surface area (Å²) in [5.74, 6) is 0.709. The summed E-state index contributed by atoms with van der Waals surface area (Å²) in [5.41, 5.74) is 0. The van der Waals surface area contributed by atoms with Gasteiger partial charge in [-0.25, -0.2) is 0 Å². The average molecular weight is 233 g/mol. The minimum Gasteiger partial charge on any atom is -0.395 e. The first kappa shape index (κ1) is 15.8. The third-order valence-electron chi connectivity index (χ3n) is 2.36. The van der Waals surface area contributed by atoms with Gasteiger partial charge in [-0.15, -0.1) is 0 Å². The molecule has 16 heavy (non-hydrogen) atoms. The summed E-state index contributed by atoms with van der Waals surface area (Å²) in [7, 11) is 0. The van der Waals surface area contributed by atoms with E-state index in [9.17, 15) is 5.11 Å². The van der Waals surface area contributed by atoms with Gasteiger partial charge in [-0.3, -0.25) is 0 Å². The standard InChI is InChI=1S/C12H27NO3/c1-10(2)5-4-6-16-9-12(15)7-13-11(3)8-14/h10-15H,4-9H2,1-3H3. The summed E-state index contributed by atoms with van der Waals surface area (Å²) in [6.07, 6.45) is 1.72. The van der Waals surface area contributed by atoms with Crippen LogP contribution in [0.3, 0.4) is 0 Å². The summed E-state index contributed by atoms with van der Waals surface area (Å²) in [5, 5.41) is 21.3. The van der Waals surface area contributed by atoms with Crippen LogP contribution in [0.4, 0.5) is 0 Å². The molecule has 4 heteroatoms. The van der Waals surface area contributed by atoms with Crippen molar-refractivity contribution in [3.05, 3.63) is 0 Å². The smallest absolute Gasteiger partial charge is 0.0897 e. The third kappa shape index (κ3) is 10.4. The van der Waals surface area contributed by atoms with E-state index in [-0.39, 0.29) is 12.6 Å². The largest absolute Gasteiger partial charge is 0.395 e. The van der Waals surface area contributed by atoms with E-state index < -0.39 is 6.10 Å². The molecule has 0 spiro atoms. The van der Waals surface area contributed by atoms with Gasteiger partial charge in [-0.2, -0.15) is 0 Å². The van der Waals surface area contributed by atoms with Crippen LogP contribution in [0, 0.1) is 5.92 Å². The molecule has 0 aliphatic heterocycles. The van der Waals surface area contributed by atoms with Crippen LogP contribution >= 0.6 is 0 Å². The molecule has 2 unspecified atom stereocenters. The van der Waals surface area contributed by atoms with Crippen LogP contribution in [0.1, 0.15) is 33.6 Å². The molecule has 0 bridgehead atoms. The lowest BCUT2D eigenvalue weighted by Crippen LogP contribution is -2.37. The van der Waals surface area contributed by atoms with Gasteiger partial charge < -0.3 is 20.3 Å². The maximum atomic E-state index is 9.53. The van der Waals surface area contributed by atoms with Gasteiger partial charge in [-0.1, -0.05) is 13.8 Å². The van der Waals surface area contributed by atoms with Gasteiger partial charge in [0.15, 0.2) is 0 Å². The quantitative estimate of drug-likeness (QED) is 0.488. The van der Waals surface area contributed by atoms with Crippen molar-refractivity contribution in [3.8, 4) is 0 Å². The summed E-state index contributed by atoms with van der Waals surface area (Å²) in [6.45, 7) is 7.88. The van der Waals surface area contributed by atoms with Crippen molar-refractivity contribution in [2.24, 2.45) is 5.92 Å². The molecular formula is C12H27NO3. The highest BCUT2D eigenvalue weighted by Crippen LogP contribution is 2.03. The molecule has 0 saturated heterocycles. The predicted molar refractivity (Wildman–Crippen MR) is 65.4 cm³/mol. The Morgan fingerprint density at radius 2 is 1.94 bits per heavy atom. The number of hydrogen-bond donors (Lipinski definition) is 3. The summed E-state index contributed by atoms with van der Waals surface area (Å²) < 4.78 is 5.36. The molecule has 0 aliphatic carbocycles. The van der Waals surface area contributed by atoms with Crippen LogP contribution in [0.25, 0.3) is 0 Å². The van der Waals surface area contributed by atoms with Crippen molar-refractivity contribution in [2.75, 3.05) is 26.4 Å². The van der Waals surface area contributed by atoms with E-state index in [1.165, 1.54) is 0 Å². The van der Waals surface area contributed by atoms with Crippen LogP contribution in [0.15, 0.2) is 0 Å². The topological polar surface area (TPSA) is 61.7 Å². The Morgan fingerprint density at radius 1 is 1.25 bits per heavy atom.